The van der Waals surface area contributed by atoms with Gasteiger partial charge in [-0.2, -0.15) is 0 Å². The van der Waals surface area contributed by atoms with Crippen molar-refractivity contribution in [2.45, 2.75) is 44.3 Å². The number of nitrogens with one attached hydrogen (secondary N) is 2. The predicted octanol–water partition coefficient (Wildman–Crippen LogP) is 4.02. The van der Waals surface area contributed by atoms with Gasteiger partial charge in [-0.3, -0.25) is 9.59 Å². The van der Waals surface area contributed by atoms with E-state index in [2.05, 4.69) is 22.6 Å². The molecule has 1 aliphatic heterocycles. The van der Waals surface area contributed by atoms with Gasteiger partial charge in [0, 0.05) is 53.1 Å². The van der Waals surface area contributed by atoms with E-state index in [-0.39, 0.29) is 35.7 Å². The van der Waals surface area contributed by atoms with Crippen LogP contribution in [0.3, 0.4) is 0 Å². The van der Waals surface area contributed by atoms with Crippen LogP contribution in [0.5, 0.6) is 0 Å². The van der Waals surface area contributed by atoms with Crippen LogP contribution < -0.4 is 16.2 Å². The van der Waals surface area contributed by atoms with Gasteiger partial charge < -0.3 is 20.1 Å². The predicted molar refractivity (Wildman–Crippen MR) is 131 cm³/mol. The number of halogens is 3. The van der Waals surface area contributed by atoms with E-state index < -0.39 is 6.43 Å². The van der Waals surface area contributed by atoms with E-state index in [1.165, 1.54) is 6.07 Å². The number of aromatic nitrogens is 1. The fraction of sp³-hybridized carbons (Fsp3) is 0.500. The SMILES string of the molecule is CN1CC2[C@@H](C1)[C@@H]2Nc1cc(=O)n(C2CCC2)cc1C(=O)NCc1cccc(C(F)F)c1I. The highest BCUT2D eigenvalue weighted by Crippen LogP contribution is 2.47. The normalized spacial score (nSPS) is 24.5. The molecule has 3 aliphatic rings. The highest BCUT2D eigenvalue weighted by molar-refractivity contribution is 14.1. The monoisotopic (exact) mass is 568 g/mol. The Morgan fingerprint density at radius 2 is 1.97 bits per heavy atom. The smallest absolute Gasteiger partial charge is 0.264 e. The van der Waals surface area contributed by atoms with Gasteiger partial charge in [-0.05, 0) is 66.3 Å². The third-order valence-electron chi connectivity index (χ3n) is 7.28. The Hall–Kier alpha value is -2.01. The van der Waals surface area contributed by atoms with Crippen molar-refractivity contribution in [1.82, 2.24) is 14.8 Å². The number of carbonyl (C=O) groups is 1. The second-order valence-electron chi connectivity index (χ2n) is 9.45. The Bertz CT molecular complexity index is 1120. The number of alkyl halides is 2. The molecule has 176 valence electrons. The summed E-state index contributed by atoms with van der Waals surface area (Å²) in [6.45, 7) is 2.17. The second-order valence-corrected chi connectivity index (χ2v) is 10.5. The van der Waals surface area contributed by atoms with E-state index in [4.69, 9.17) is 0 Å². The molecule has 0 bridgehead atoms. The van der Waals surface area contributed by atoms with Crippen LogP contribution in [0.4, 0.5) is 14.5 Å². The van der Waals surface area contributed by atoms with Crippen LogP contribution in [-0.4, -0.2) is 41.6 Å². The molecule has 2 aromatic rings. The number of rotatable bonds is 7. The molecular weight excluding hydrogens is 541 g/mol. The first-order valence-corrected chi connectivity index (χ1v) is 12.5. The standard InChI is InChI=1S/C24H27F2IN4O2/c1-30-10-16-17(11-30)22(16)29-19-8-20(32)31(14-5-3-6-14)12-18(19)24(33)28-9-13-4-2-7-15(21(13)27)23(25)26/h2,4,7-8,12,14,16-17,22-23,29H,3,5-6,9-11H2,1H3,(H,28,33)/t16-,17?,22+/m1/s1. The quantitative estimate of drug-likeness (QED) is 0.496. The summed E-state index contributed by atoms with van der Waals surface area (Å²) in [5, 5.41) is 6.35. The van der Waals surface area contributed by atoms with Crippen molar-refractivity contribution in [3.05, 3.63) is 61.1 Å². The fourth-order valence-electron chi connectivity index (χ4n) is 5.10. The first-order chi connectivity index (χ1) is 15.8. The summed E-state index contributed by atoms with van der Waals surface area (Å²) in [5.74, 6) is 0.768. The molecule has 1 amide bonds. The first kappa shape index (κ1) is 22.8. The number of hydrogen-bond donors (Lipinski definition) is 2. The van der Waals surface area contributed by atoms with Gasteiger partial charge in [-0.15, -0.1) is 0 Å². The van der Waals surface area contributed by atoms with E-state index in [0.717, 1.165) is 32.4 Å². The maximum absolute atomic E-state index is 13.2. The number of likely N-dealkylation sites (tertiary alicyclic amines) is 1. The average Bonchev–Trinajstić information content (AvgIpc) is 3.17. The number of anilines is 1. The molecule has 2 heterocycles. The molecule has 2 saturated carbocycles. The van der Waals surface area contributed by atoms with Crippen LogP contribution >= 0.6 is 22.6 Å². The zero-order valence-corrected chi connectivity index (χ0v) is 20.5. The summed E-state index contributed by atoms with van der Waals surface area (Å²) >= 11 is 1.90. The third-order valence-corrected chi connectivity index (χ3v) is 8.59. The van der Waals surface area contributed by atoms with E-state index in [0.29, 0.717) is 32.2 Å². The van der Waals surface area contributed by atoms with Gasteiger partial charge in [-0.1, -0.05) is 18.2 Å². The number of nitrogens with zero attached hydrogens (tertiary/aromatic N) is 2. The molecule has 2 N–H and O–H groups in total. The number of fused-ring (bicyclic) bond motifs is 1. The lowest BCUT2D eigenvalue weighted by Gasteiger charge is -2.28. The summed E-state index contributed by atoms with van der Waals surface area (Å²) in [4.78, 5) is 28.3. The molecule has 1 unspecified atom stereocenters. The maximum atomic E-state index is 13.2. The maximum Gasteiger partial charge on any atom is 0.264 e. The number of piperidine rings is 1. The van der Waals surface area contributed by atoms with Gasteiger partial charge >= 0.3 is 0 Å². The molecule has 1 aromatic carbocycles. The largest absolute Gasteiger partial charge is 0.381 e. The summed E-state index contributed by atoms with van der Waals surface area (Å²) < 4.78 is 28.6. The molecule has 3 atom stereocenters. The molecule has 0 radical (unpaired) electrons. The van der Waals surface area contributed by atoms with Crippen molar-refractivity contribution in [3.8, 4) is 0 Å². The summed E-state index contributed by atoms with van der Waals surface area (Å²) in [7, 11) is 2.10. The Labute approximate surface area is 204 Å². The van der Waals surface area contributed by atoms with E-state index in [1.54, 1.807) is 29.0 Å². The van der Waals surface area contributed by atoms with Crippen LogP contribution in [0.2, 0.25) is 0 Å². The number of amides is 1. The Kier molecular flexibility index (Phi) is 6.19. The lowest BCUT2D eigenvalue weighted by atomic mass is 9.92. The van der Waals surface area contributed by atoms with Gasteiger partial charge in [0.2, 0.25) is 0 Å². The minimum absolute atomic E-state index is 0.0338. The number of benzene rings is 1. The second kappa shape index (κ2) is 8.98. The van der Waals surface area contributed by atoms with Crippen molar-refractivity contribution in [2.24, 2.45) is 11.8 Å². The van der Waals surface area contributed by atoms with Crippen LogP contribution in [-0.2, 0) is 6.54 Å². The van der Waals surface area contributed by atoms with Crippen LogP contribution in [0, 0.1) is 15.4 Å². The fourth-order valence-corrected chi connectivity index (χ4v) is 5.89. The topological polar surface area (TPSA) is 66.4 Å². The molecule has 5 rings (SSSR count). The molecule has 9 heteroatoms. The molecule has 1 saturated heterocycles. The Morgan fingerprint density at radius 3 is 2.61 bits per heavy atom. The van der Waals surface area contributed by atoms with Crippen molar-refractivity contribution >= 4 is 34.2 Å². The third kappa shape index (κ3) is 4.41. The Morgan fingerprint density at radius 1 is 1.24 bits per heavy atom. The number of hydrogen-bond acceptors (Lipinski definition) is 4. The van der Waals surface area contributed by atoms with Gasteiger partial charge in [0.25, 0.3) is 17.9 Å². The van der Waals surface area contributed by atoms with Gasteiger partial charge in [-0.25, -0.2) is 8.78 Å². The summed E-state index contributed by atoms with van der Waals surface area (Å²) in [6, 6.07) is 6.68. The number of carbonyl (C=O) groups excluding carboxylic acids is 1. The lowest BCUT2D eigenvalue weighted by molar-refractivity contribution is 0.0950. The molecule has 0 spiro atoms. The van der Waals surface area contributed by atoms with Crippen LogP contribution in [0.1, 0.15) is 53.2 Å². The van der Waals surface area contributed by atoms with Crippen LogP contribution in [0.15, 0.2) is 35.3 Å². The van der Waals surface area contributed by atoms with Crippen LogP contribution in [0.25, 0.3) is 0 Å². The summed E-state index contributed by atoms with van der Waals surface area (Å²) in [5.41, 5.74) is 1.50. The van der Waals surface area contributed by atoms with Crippen molar-refractivity contribution in [2.75, 3.05) is 25.5 Å². The molecular formula is C24H27F2IN4O2. The zero-order chi connectivity index (χ0) is 23.3. The zero-order valence-electron chi connectivity index (χ0n) is 18.4. The molecule has 6 nitrogen and oxygen atoms in total. The first-order valence-electron chi connectivity index (χ1n) is 11.4. The lowest BCUT2D eigenvalue weighted by Crippen LogP contribution is -2.33. The molecule has 33 heavy (non-hydrogen) atoms. The van der Waals surface area contributed by atoms with Crippen molar-refractivity contribution in [3.63, 3.8) is 0 Å². The van der Waals surface area contributed by atoms with Crippen molar-refractivity contribution < 1.29 is 13.6 Å². The average molecular weight is 568 g/mol. The number of pyridine rings is 1. The van der Waals surface area contributed by atoms with E-state index in [9.17, 15) is 18.4 Å². The minimum atomic E-state index is -2.56. The van der Waals surface area contributed by atoms with Crippen molar-refractivity contribution in [1.29, 1.82) is 0 Å². The van der Waals surface area contributed by atoms with E-state index >= 15 is 0 Å². The molecule has 3 fully saturated rings. The minimum Gasteiger partial charge on any atom is -0.381 e. The van der Waals surface area contributed by atoms with Gasteiger partial charge in [0.15, 0.2) is 0 Å². The highest BCUT2D eigenvalue weighted by atomic mass is 127. The van der Waals surface area contributed by atoms with E-state index in [1.807, 2.05) is 22.6 Å². The highest BCUT2D eigenvalue weighted by Gasteiger charge is 2.55. The summed E-state index contributed by atoms with van der Waals surface area (Å²) in [6.07, 6.45) is 2.06. The van der Waals surface area contributed by atoms with Gasteiger partial charge in [0.05, 0.1) is 11.3 Å². The molecule has 1 aromatic heterocycles. The molecule has 2 aliphatic carbocycles. The Balaban J connectivity index is 1.38. The van der Waals surface area contributed by atoms with Gasteiger partial charge in [0.1, 0.15) is 0 Å².